The number of hydrogen-bond donors (Lipinski definition) is 1. The van der Waals surface area contributed by atoms with Crippen molar-refractivity contribution in [3.8, 4) is 11.6 Å². The van der Waals surface area contributed by atoms with Crippen LogP contribution in [0.2, 0.25) is 0 Å². The summed E-state index contributed by atoms with van der Waals surface area (Å²) in [5, 5.41) is 3.18. The number of likely N-dealkylation sites (tertiary alicyclic amines) is 1. The van der Waals surface area contributed by atoms with E-state index in [1.54, 1.807) is 30.3 Å². The predicted octanol–water partition coefficient (Wildman–Crippen LogP) is 5.46. The summed E-state index contributed by atoms with van der Waals surface area (Å²) in [6.45, 7) is 1.20. The second-order valence-corrected chi connectivity index (χ2v) is 9.02. The molecule has 0 saturated carbocycles. The van der Waals surface area contributed by atoms with Gasteiger partial charge in [-0.3, -0.25) is 14.3 Å². The fraction of sp³-hybridized carbons (Fsp3) is 0.259. The number of methoxy groups -OCH3 is 1. The molecule has 12 heteroatoms. The van der Waals surface area contributed by atoms with Crippen LogP contribution in [0.5, 0.6) is 11.6 Å². The first kappa shape index (κ1) is 26.2. The van der Waals surface area contributed by atoms with Crippen LogP contribution in [0, 0.1) is 0 Å². The standard InChI is InChI=1S/C27H24F3N5O4/c1-38-25(36)23-6-3-10-34(23)15-20-14-24(32-16-31-20)39-21-7-8-22-17(12-21)9-11-35(22)26(37)33-19-5-2-4-18(13-19)27(28,29)30/h2,4-5,7-9,11-14,16,23H,3,6,10,15H2,1H3,(H,33,37). The minimum Gasteiger partial charge on any atom is -0.468 e. The number of anilines is 1. The summed E-state index contributed by atoms with van der Waals surface area (Å²) in [5.41, 5.74) is 0.409. The molecule has 4 aromatic rings. The molecular formula is C27H24F3N5O4. The van der Waals surface area contributed by atoms with E-state index >= 15 is 0 Å². The molecule has 2 aromatic heterocycles. The molecule has 0 bridgehead atoms. The monoisotopic (exact) mass is 539 g/mol. The van der Waals surface area contributed by atoms with Crippen molar-refractivity contribution in [3.05, 3.63) is 78.4 Å². The summed E-state index contributed by atoms with van der Waals surface area (Å²) in [5.74, 6) is 0.522. The van der Waals surface area contributed by atoms with Gasteiger partial charge in [0.25, 0.3) is 0 Å². The Morgan fingerprint density at radius 2 is 1.95 bits per heavy atom. The number of rotatable bonds is 6. The normalized spacial score (nSPS) is 15.8. The molecule has 1 aliphatic rings. The molecule has 5 rings (SSSR count). The van der Waals surface area contributed by atoms with Gasteiger partial charge in [0.2, 0.25) is 5.88 Å². The molecule has 1 fully saturated rings. The molecule has 1 amide bonds. The van der Waals surface area contributed by atoms with Crippen LogP contribution in [0.3, 0.4) is 0 Å². The lowest BCUT2D eigenvalue weighted by molar-refractivity contribution is -0.146. The van der Waals surface area contributed by atoms with E-state index in [1.165, 1.54) is 36.3 Å². The summed E-state index contributed by atoms with van der Waals surface area (Å²) in [4.78, 5) is 35.3. The van der Waals surface area contributed by atoms with Gasteiger partial charge in [-0.2, -0.15) is 13.2 Å². The highest BCUT2D eigenvalue weighted by molar-refractivity contribution is 5.98. The zero-order valence-electron chi connectivity index (χ0n) is 20.8. The van der Waals surface area contributed by atoms with Crippen LogP contribution in [-0.4, -0.2) is 51.1 Å². The number of carbonyl (C=O) groups is 2. The van der Waals surface area contributed by atoms with E-state index in [4.69, 9.17) is 9.47 Å². The molecule has 2 aromatic carbocycles. The number of esters is 1. The van der Waals surface area contributed by atoms with Gasteiger partial charge in [-0.05, 0) is 61.9 Å². The smallest absolute Gasteiger partial charge is 0.416 e. The molecule has 1 unspecified atom stereocenters. The maximum absolute atomic E-state index is 13.0. The van der Waals surface area contributed by atoms with Gasteiger partial charge >= 0.3 is 18.2 Å². The van der Waals surface area contributed by atoms with Crippen LogP contribution in [0.25, 0.3) is 10.9 Å². The van der Waals surface area contributed by atoms with Crippen molar-refractivity contribution in [2.75, 3.05) is 19.0 Å². The fourth-order valence-electron chi connectivity index (χ4n) is 4.58. The van der Waals surface area contributed by atoms with Crippen molar-refractivity contribution in [1.29, 1.82) is 0 Å². The Morgan fingerprint density at radius 3 is 2.74 bits per heavy atom. The Hall–Kier alpha value is -4.45. The number of nitrogens with one attached hydrogen (secondary N) is 1. The lowest BCUT2D eigenvalue weighted by Gasteiger charge is -2.21. The summed E-state index contributed by atoms with van der Waals surface area (Å²) in [6.07, 6.45) is 0.0287. The van der Waals surface area contributed by atoms with Gasteiger partial charge in [-0.25, -0.2) is 14.8 Å². The van der Waals surface area contributed by atoms with E-state index in [-0.39, 0.29) is 17.7 Å². The van der Waals surface area contributed by atoms with Crippen molar-refractivity contribution in [2.45, 2.75) is 31.6 Å². The molecule has 202 valence electrons. The topological polar surface area (TPSA) is 98.6 Å². The summed E-state index contributed by atoms with van der Waals surface area (Å²) in [6, 6.07) is 12.0. The first-order valence-corrected chi connectivity index (χ1v) is 12.1. The molecule has 3 heterocycles. The van der Waals surface area contributed by atoms with Gasteiger partial charge in [-0.1, -0.05) is 6.07 Å². The van der Waals surface area contributed by atoms with E-state index < -0.39 is 17.8 Å². The lowest BCUT2D eigenvalue weighted by Crippen LogP contribution is -2.36. The number of amides is 1. The maximum atomic E-state index is 13.0. The molecule has 0 radical (unpaired) electrons. The van der Waals surface area contributed by atoms with Crippen LogP contribution < -0.4 is 10.1 Å². The van der Waals surface area contributed by atoms with E-state index in [0.717, 1.165) is 31.5 Å². The van der Waals surface area contributed by atoms with Crippen molar-refractivity contribution < 1.29 is 32.2 Å². The fourth-order valence-corrected chi connectivity index (χ4v) is 4.58. The van der Waals surface area contributed by atoms with Crippen LogP contribution in [0.15, 0.2) is 67.1 Å². The number of nitrogens with zero attached hydrogens (tertiary/aromatic N) is 4. The minimum absolute atomic E-state index is 0.0306. The van der Waals surface area contributed by atoms with Gasteiger partial charge in [0.05, 0.1) is 23.9 Å². The average Bonchev–Trinajstić information content (AvgIpc) is 3.55. The van der Waals surface area contributed by atoms with E-state index in [1.807, 2.05) is 4.90 Å². The molecule has 39 heavy (non-hydrogen) atoms. The zero-order valence-corrected chi connectivity index (χ0v) is 20.8. The predicted molar refractivity (Wildman–Crippen MR) is 135 cm³/mol. The van der Waals surface area contributed by atoms with Gasteiger partial charge in [-0.15, -0.1) is 0 Å². The van der Waals surface area contributed by atoms with Gasteiger partial charge in [0.15, 0.2) is 0 Å². The molecule has 1 N–H and O–H groups in total. The molecule has 0 spiro atoms. The van der Waals surface area contributed by atoms with Crippen molar-refractivity contribution in [1.82, 2.24) is 19.4 Å². The third kappa shape index (κ3) is 5.85. The van der Waals surface area contributed by atoms with Crippen LogP contribution in [-0.2, 0) is 22.3 Å². The highest BCUT2D eigenvalue weighted by Crippen LogP contribution is 2.31. The Morgan fingerprint density at radius 1 is 1.10 bits per heavy atom. The first-order valence-electron chi connectivity index (χ1n) is 12.1. The maximum Gasteiger partial charge on any atom is 0.416 e. The van der Waals surface area contributed by atoms with E-state index in [9.17, 15) is 22.8 Å². The van der Waals surface area contributed by atoms with Gasteiger partial charge in [0, 0.05) is 29.9 Å². The Labute approximate surface area is 221 Å². The van der Waals surface area contributed by atoms with Crippen molar-refractivity contribution in [2.24, 2.45) is 0 Å². The number of carbonyl (C=O) groups excluding carboxylic acids is 2. The highest BCUT2D eigenvalue weighted by Gasteiger charge is 2.32. The van der Waals surface area contributed by atoms with Gasteiger partial charge < -0.3 is 14.8 Å². The number of alkyl halides is 3. The molecule has 9 nitrogen and oxygen atoms in total. The number of aromatic nitrogens is 3. The number of fused-ring (bicyclic) bond motifs is 1. The van der Waals surface area contributed by atoms with E-state index in [2.05, 4.69) is 15.3 Å². The number of ether oxygens (including phenoxy) is 2. The van der Waals surface area contributed by atoms with Crippen molar-refractivity contribution in [3.63, 3.8) is 0 Å². The molecule has 0 aliphatic carbocycles. The van der Waals surface area contributed by atoms with Crippen LogP contribution >= 0.6 is 0 Å². The summed E-state index contributed by atoms with van der Waals surface area (Å²) in [7, 11) is 1.38. The molecule has 1 aliphatic heterocycles. The SMILES string of the molecule is COC(=O)C1CCCN1Cc1cc(Oc2ccc3c(ccn3C(=O)Nc3cccc(C(F)(F)F)c3)c2)ncn1. The quantitative estimate of drug-likeness (QED) is 0.325. The molecular weight excluding hydrogens is 515 g/mol. The van der Waals surface area contributed by atoms with Crippen LogP contribution in [0.4, 0.5) is 23.7 Å². The second-order valence-electron chi connectivity index (χ2n) is 9.02. The highest BCUT2D eigenvalue weighted by atomic mass is 19.4. The van der Waals surface area contributed by atoms with Crippen molar-refractivity contribution >= 4 is 28.6 Å². The number of benzene rings is 2. The average molecular weight is 540 g/mol. The first-order chi connectivity index (χ1) is 18.7. The number of hydrogen-bond acceptors (Lipinski definition) is 7. The lowest BCUT2D eigenvalue weighted by atomic mass is 10.2. The largest absolute Gasteiger partial charge is 0.468 e. The zero-order chi connectivity index (χ0) is 27.6. The summed E-state index contributed by atoms with van der Waals surface area (Å²) >= 11 is 0. The Bertz CT molecular complexity index is 1520. The molecule has 1 atom stereocenters. The Balaban J connectivity index is 1.28. The minimum atomic E-state index is -4.51. The summed E-state index contributed by atoms with van der Waals surface area (Å²) < 4.78 is 51.1. The molecule has 1 saturated heterocycles. The Kier molecular flexibility index (Phi) is 7.20. The second kappa shape index (κ2) is 10.7. The van der Waals surface area contributed by atoms with E-state index in [0.29, 0.717) is 34.8 Å². The number of halogens is 3. The third-order valence-electron chi connectivity index (χ3n) is 6.44. The third-order valence-corrected chi connectivity index (χ3v) is 6.44. The van der Waals surface area contributed by atoms with Gasteiger partial charge in [0.1, 0.15) is 18.1 Å². The van der Waals surface area contributed by atoms with Crippen LogP contribution in [0.1, 0.15) is 24.1 Å².